The van der Waals surface area contributed by atoms with Crippen LogP contribution in [0.15, 0.2) is 85.3 Å². The molecule has 2 aromatic carbocycles. The Morgan fingerprint density at radius 1 is 0.719 bits per heavy atom. The number of ether oxygens (including phenoxy) is 6. The first-order chi connectivity index (χ1) is 46.0. The van der Waals surface area contributed by atoms with Gasteiger partial charge in [-0.3, -0.25) is 38.7 Å². The molecule has 0 spiro atoms. The van der Waals surface area contributed by atoms with Crippen molar-refractivity contribution in [3.63, 3.8) is 0 Å². The van der Waals surface area contributed by atoms with Crippen LogP contribution < -0.4 is 67.8 Å². The minimum Gasteiger partial charge on any atom is -0.489 e. The number of carbonyl (C=O) groups is 10. The van der Waals surface area contributed by atoms with Crippen molar-refractivity contribution < 1.29 is 84.8 Å². The van der Waals surface area contributed by atoms with Gasteiger partial charge in [0.15, 0.2) is 11.5 Å². The highest BCUT2D eigenvalue weighted by Crippen LogP contribution is 2.28. The topological polar surface area (TPSA) is 466 Å². The summed E-state index contributed by atoms with van der Waals surface area (Å²) in [7, 11) is -4.35. The van der Waals surface area contributed by atoms with Gasteiger partial charge in [0.05, 0.1) is 69.0 Å². The number of hydrogen-bond donors (Lipinski definition) is 11. The highest BCUT2D eigenvalue weighted by Gasteiger charge is 2.30. The molecule has 1 saturated heterocycles. The zero-order valence-corrected chi connectivity index (χ0v) is 54.2. The molecule has 4 heterocycles. The van der Waals surface area contributed by atoms with E-state index in [1.807, 2.05) is 6.07 Å². The average molecular weight is 1360 g/mol. The molecule has 0 bridgehead atoms. The molecule has 0 radical (unpaired) electrons. The van der Waals surface area contributed by atoms with E-state index in [1.54, 1.807) is 86.4 Å². The number of urea groups is 1. The number of anilines is 4. The van der Waals surface area contributed by atoms with Gasteiger partial charge < -0.3 is 82.0 Å². The first kappa shape index (κ1) is 74.8. The van der Waals surface area contributed by atoms with Gasteiger partial charge in [0, 0.05) is 75.3 Å². The van der Waals surface area contributed by atoms with E-state index in [0.717, 1.165) is 10.6 Å². The number of carbonyl (C=O) groups excluding carboxylic acids is 10. The number of aromatic nitrogens is 3. The number of nitrogens with zero attached hydrogens (tertiary/aromatic N) is 5. The van der Waals surface area contributed by atoms with E-state index in [2.05, 4.69) is 61.8 Å². The standard InChI is InChI=1S/C61H82N16O18S/c1-39(2)52(74-60(86)93-34-33-90-30-25-69-96(88,89)75-61(87)92-29-8-23-65-49(78)10-5-4-6-26-77-50(79)19-20-51(77)80)56(82)72-45(9-7-22-66-58(63)84)55(81)70-43-15-11-41(12-16-43)38-94-59(85)68-35-40(3)95-44-17-13-42(14-18-44)46-37-67-54(62)53(71-46)57(83)73-47-36-64-24-21-48(47)76-27-31-91-32-28-76/h11-21,24,36-37,39-40,45,52,69H,4-10,22-23,25-35,38H2,1-3H3,(H2,62,67)(H,65,78)(H,68,85)(H,70,81)(H,72,82)(H,73,83)(H,74,86)(H,75,87)(H3,63,66,84)/t40?,45-,52-/m1/s1. The number of benzene rings is 2. The van der Waals surface area contributed by atoms with Crippen LogP contribution in [-0.2, 0) is 64.5 Å². The molecule has 96 heavy (non-hydrogen) atoms. The summed E-state index contributed by atoms with van der Waals surface area (Å²) >= 11 is 0. The lowest BCUT2D eigenvalue weighted by Crippen LogP contribution is -2.54. The number of imide groups is 1. The van der Waals surface area contributed by atoms with Crippen LogP contribution in [-0.4, -0.2) is 192 Å². The lowest BCUT2D eigenvalue weighted by Gasteiger charge is -2.30. The van der Waals surface area contributed by atoms with E-state index in [4.69, 9.17) is 39.9 Å². The maximum absolute atomic E-state index is 13.7. The Morgan fingerprint density at radius 3 is 2.16 bits per heavy atom. The van der Waals surface area contributed by atoms with E-state index >= 15 is 0 Å². The molecule has 1 fully saturated rings. The van der Waals surface area contributed by atoms with E-state index in [1.165, 1.54) is 18.3 Å². The quantitative estimate of drug-likeness (QED) is 0.0174. The van der Waals surface area contributed by atoms with Crippen LogP contribution in [0, 0.1) is 5.92 Å². The zero-order chi connectivity index (χ0) is 69.4. The first-order valence-electron chi connectivity index (χ1n) is 30.9. The van der Waals surface area contributed by atoms with Gasteiger partial charge in [-0.15, -0.1) is 0 Å². The van der Waals surface area contributed by atoms with E-state index < -0.39 is 76.3 Å². The van der Waals surface area contributed by atoms with Gasteiger partial charge in [-0.05, 0) is 93.0 Å². The molecule has 11 amide bonds. The smallest absolute Gasteiger partial charge is 0.421 e. The average Bonchev–Trinajstić information content (AvgIpc) is 1.02. The van der Waals surface area contributed by atoms with E-state index in [9.17, 15) is 56.4 Å². The number of unbranched alkanes of at least 4 members (excludes halogenated alkanes) is 2. The third-order valence-electron chi connectivity index (χ3n) is 14.1. The molecule has 1 unspecified atom stereocenters. The minimum absolute atomic E-state index is 0.0374. The Bertz CT molecular complexity index is 3430. The van der Waals surface area contributed by atoms with Gasteiger partial charge in [0.25, 0.3) is 17.7 Å². The van der Waals surface area contributed by atoms with Crippen molar-refractivity contribution in [3.8, 4) is 17.0 Å². The van der Waals surface area contributed by atoms with Gasteiger partial charge in [-0.1, -0.05) is 32.4 Å². The maximum atomic E-state index is 13.7. The molecule has 35 heteroatoms. The molecular formula is C61H82N16O18S. The Morgan fingerprint density at radius 2 is 1.44 bits per heavy atom. The second kappa shape index (κ2) is 38.8. The van der Waals surface area contributed by atoms with Crippen molar-refractivity contribution in [2.75, 3.05) is 107 Å². The largest absolute Gasteiger partial charge is 0.489 e. The molecule has 2 aliphatic heterocycles. The number of morpholine rings is 1. The van der Waals surface area contributed by atoms with Crippen molar-refractivity contribution in [3.05, 3.63) is 96.6 Å². The summed E-state index contributed by atoms with van der Waals surface area (Å²) in [5, 5.41) is 18.5. The maximum Gasteiger partial charge on any atom is 0.421 e. The molecule has 2 aliphatic rings. The molecule has 13 N–H and O–H groups in total. The predicted molar refractivity (Wildman–Crippen MR) is 346 cm³/mol. The van der Waals surface area contributed by atoms with Crippen molar-refractivity contribution in [2.45, 2.75) is 90.5 Å². The molecule has 4 aromatic rings. The van der Waals surface area contributed by atoms with Crippen LogP contribution in [0.1, 0.15) is 81.8 Å². The number of alkyl carbamates (subject to hydrolysis) is 2. The monoisotopic (exact) mass is 1360 g/mol. The number of nitrogens with one attached hydrogen (secondary N) is 9. The van der Waals surface area contributed by atoms with E-state index in [-0.39, 0.29) is 121 Å². The van der Waals surface area contributed by atoms with Crippen molar-refractivity contribution in [1.82, 2.24) is 55.9 Å². The summed E-state index contributed by atoms with van der Waals surface area (Å²) in [5.74, 6) is -2.94. The minimum atomic E-state index is -4.35. The summed E-state index contributed by atoms with van der Waals surface area (Å²) in [4.78, 5) is 141. The highest BCUT2D eigenvalue weighted by atomic mass is 32.2. The summed E-state index contributed by atoms with van der Waals surface area (Å²) in [6.07, 6.45) is 6.01. The molecule has 0 saturated carbocycles. The van der Waals surface area contributed by atoms with Crippen LogP contribution in [0.2, 0.25) is 0 Å². The second-order valence-electron chi connectivity index (χ2n) is 22.0. The van der Waals surface area contributed by atoms with Gasteiger partial charge in [-0.25, -0.2) is 33.9 Å². The van der Waals surface area contributed by atoms with Crippen LogP contribution in [0.3, 0.4) is 0 Å². The summed E-state index contributed by atoms with van der Waals surface area (Å²) < 4.78 is 60.5. The number of pyridine rings is 1. The summed E-state index contributed by atoms with van der Waals surface area (Å²) in [6, 6.07) is 11.9. The molecule has 2 aromatic heterocycles. The van der Waals surface area contributed by atoms with Gasteiger partial charge in [0.2, 0.25) is 17.7 Å². The number of amides is 11. The Balaban J connectivity index is 0.844. The highest BCUT2D eigenvalue weighted by molar-refractivity contribution is 7.88. The zero-order valence-electron chi connectivity index (χ0n) is 53.4. The number of hydrogen-bond acceptors (Lipinski definition) is 23. The van der Waals surface area contributed by atoms with Crippen LogP contribution in [0.5, 0.6) is 5.75 Å². The summed E-state index contributed by atoms with van der Waals surface area (Å²) in [5.41, 5.74) is 14.5. The molecular weight excluding hydrogens is 1280 g/mol. The fraction of sp³-hybridized carbons (Fsp3) is 0.459. The molecule has 0 aliphatic carbocycles. The van der Waals surface area contributed by atoms with Crippen molar-refractivity contribution >= 4 is 92.8 Å². The lowest BCUT2D eigenvalue weighted by molar-refractivity contribution is -0.137. The number of nitrogens with two attached hydrogens (primary N) is 2. The Labute approximate surface area is 553 Å². The van der Waals surface area contributed by atoms with E-state index in [0.29, 0.717) is 79.5 Å². The van der Waals surface area contributed by atoms with Gasteiger partial charge >= 0.3 is 34.5 Å². The number of rotatable bonds is 38. The Hall–Kier alpha value is -10.3. The first-order valence-corrected chi connectivity index (χ1v) is 32.4. The molecule has 6 rings (SSSR count). The lowest BCUT2D eigenvalue weighted by atomic mass is 10.0. The predicted octanol–water partition coefficient (Wildman–Crippen LogP) is 2.09. The van der Waals surface area contributed by atoms with Crippen LogP contribution >= 0.6 is 0 Å². The number of primary amides is 1. The summed E-state index contributed by atoms with van der Waals surface area (Å²) in [6.45, 7) is 6.77. The van der Waals surface area contributed by atoms with Crippen LogP contribution in [0.4, 0.5) is 42.1 Å². The molecule has 34 nitrogen and oxygen atoms in total. The third kappa shape index (κ3) is 26.3. The van der Waals surface area contributed by atoms with Gasteiger partial charge in [0.1, 0.15) is 37.2 Å². The fourth-order valence-corrected chi connectivity index (χ4v) is 9.88. The van der Waals surface area contributed by atoms with Crippen LogP contribution in [0.25, 0.3) is 11.3 Å². The van der Waals surface area contributed by atoms with Gasteiger partial charge in [-0.2, -0.15) is 13.1 Å². The van der Waals surface area contributed by atoms with Crippen molar-refractivity contribution in [2.24, 2.45) is 11.7 Å². The normalized spacial score (nSPS) is 13.8. The second-order valence-corrected chi connectivity index (χ2v) is 23.5. The van der Waals surface area contributed by atoms with Crippen molar-refractivity contribution in [1.29, 1.82) is 0 Å². The Kier molecular flexibility index (Phi) is 30.2. The fourth-order valence-electron chi connectivity index (χ4n) is 9.18. The molecule has 520 valence electrons. The SMILES string of the molecule is CC(CNC(=O)OCc1ccc(NC(=O)[C@@H](CCCNC(N)=O)NC(=O)[C@H](NC(=O)OCCOCCNS(=O)(=O)NC(=O)OCCCNC(=O)CCCCCN2C(=O)C=CC2=O)C(C)C)cc1)Oc1ccc(-c2cnc(N)c(C(=O)Nc3cnccc3N3CCOCC3)n2)cc1. The number of nitrogen functional groups attached to an aromatic ring is 1. The molecule has 3 atom stereocenters. The third-order valence-corrected chi connectivity index (χ3v) is 15.1.